The molecule has 1 aromatic heterocycles. The number of nitrogens with zero attached hydrogens (tertiary/aromatic N) is 3. The number of hydrogen-bond donors (Lipinski definition) is 1. The van der Waals surface area contributed by atoms with E-state index in [1.807, 2.05) is 0 Å². The van der Waals surface area contributed by atoms with Crippen LogP contribution in [0.25, 0.3) is 0 Å². The van der Waals surface area contributed by atoms with Crippen LogP contribution in [0.15, 0.2) is 58.1 Å². The van der Waals surface area contributed by atoms with Crippen molar-refractivity contribution in [3.8, 4) is 11.5 Å². The zero-order chi connectivity index (χ0) is 27.8. The van der Waals surface area contributed by atoms with Crippen molar-refractivity contribution in [3.63, 3.8) is 0 Å². The maximum atomic E-state index is 14.4. The van der Waals surface area contributed by atoms with Crippen LogP contribution in [0.3, 0.4) is 0 Å². The summed E-state index contributed by atoms with van der Waals surface area (Å²) in [5.41, 5.74) is 0.275. The quantitative estimate of drug-likeness (QED) is 0.445. The van der Waals surface area contributed by atoms with Crippen LogP contribution in [0.4, 0.5) is 8.78 Å². The molecule has 2 aromatic carbocycles. The summed E-state index contributed by atoms with van der Waals surface area (Å²) in [4.78, 5) is 36.9. The number of aryl methyl sites for hydroxylation is 1. The van der Waals surface area contributed by atoms with Crippen LogP contribution in [-0.2, 0) is 9.59 Å². The number of methoxy groups -OCH3 is 2. The Morgan fingerprint density at radius 3 is 2.31 bits per heavy atom. The van der Waals surface area contributed by atoms with Gasteiger partial charge in [-0.3, -0.25) is 9.59 Å². The van der Waals surface area contributed by atoms with Gasteiger partial charge in [0.25, 0.3) is 11.8 Å². The zero-order valence-electron chi connectivity index (χ0n) is 21.4. The van der Waals surface area contributed by atoms with Gasteiger partial charge < -0.3 is 19.5 Å². The van der Waals surface area contributed by atoms with Gasteiger partial charge in [0, 0.05) is 30.0 Å². The average molecular weight is 554 g/mol. The van der Waals surface area contributed by atoms with E-state index in [0.717, 1.165) is 5.01 Å². The SMILES string of the molecule is COc1cccc(OC)c1C1C(c2csc(C)n2)=NC(=O)C(C(=O)N2CCC(c3c(F)cccc3F)C2)=C1O. The third-order valence-corrected chi connectivity index (χ3v) is 7.75. The predicted molar refractivity (Wildman–Crippen MR) is 141 cm³/mol. The number of halogens is 2. The number of ether oxygens (including phenoxy) is 2. The van der Waals surface area contributed by atoms with E-state index in [-0.39, 0.29) is 24.4 Å². The zero-order valence-corrected chi connectivity index (χ0v) is 22.2. The molecule has 2 atom stereocenters. The number of amides is 2. The van der Waals surface area contributed by atoms with E-state index in [9.17, 15) is 23.5 Å². The number of carbonyl (C=O) groups excluding carboxylic acids is 2. The Morgan fingerprint density at radius 2 is 1.72 bits per heavy atom. The average Bonchev–Trinajstić information content (AvgIpc) is 3.57. The first kappa shape index (κ1) is 26.5. The number of hydrogen-bond acceptors (Lipinski definition) is 7. The maximum Gasteiger partial charge on any atom is 0.286 e. The van der Waals surface area contributed by atoms with Crippen LogP contribution in [0.5, 0.6) is 11.5 Å². The summed E-state index contributed by atoms with van der Waals surface area (Å²) in [5, 5.41) is 14.0. The molecule has 1 fully saturated rings. The molecular formula is C28H25F2N3O5S. The largest absolute Gasteiger partial charge is 0.510 e. The minimum atomic E-state index is -1.10. The number of likely N-dealkylation sites (tertiary alicyclic amines) is 1. The highest BCUT2D eigenvalue weighted by atomic mass is 32.1. The number of dihydropyridines is 1. The first-order chi connectivity index (χ1) is 18.7. The van der Waals surface area contributed by atoms with Crippen molar-refractivity contribution >= 4 is 28.9 Å². The van der Waals surface area contributed by atoms with E-state index in [1.165, 1.54) is 48.7 Å². The Labute approximate surface area is 227 Å². The minimum Gasteiger partial charge on any atom is -0.510 e. The highest BCUT2D eigenvalue weighted by molar-refractivity contribution is 7.09. The van der Waals surface area contributed by atoms with Gasteiger partial charge in [-0.1, -0.05) is 12.1 Å². The van der Waals surface area contributed by atoms with Crippen molar-refractivity contribution < 1.29 is 33.0 Å². The summed E-state index contributed by atoms with van der Waals surface area (Å²) in [5.74, 6) is -4.61. The van der Waals surface area contributed by atoms with E-state index >= 15 is 0 Å². The molecule has 8 nitrogen and oxygen atoms in total. The fourth-order valence-corrected chi connectivity index (χ4v) is 5.78. The Balaban J connectivity index is 1.58. The van der Waals surface area contributed by atoms with E-state index in [1.54, 1.807) is 30.5 Å². The summed E-state index contributed by atoms with van der Waals surface area (Å²) in [7, 11) is 2.91. The number of carbonyl (C=O) groups is 2. The summed E-state index contributed by atoms with van der Waals surface area (Å²) in [6, 6.07) is 8.66. The van der Waals surface area contributed by atoms with Crippen LogP contribution in [0, 0.1) is 18.6 Å². The molecule has 2 aliphatic heterocycles. The van der Waals surface area contributed by atoms with Crippen LogP contribution in [-0.4, -0.2) is 59.8 Å². The van der Waals surface area contributed by atoms with Crippen LogP contribution in [0.2, 0.25) is 0 Å². The molecule has 11 heteroatoms. The monoisotopic (exact) mass is 553 g/mol. The van der Waals surface area contributed by atoms with Crippen LogP contribution >= 0.6 is 11.3 Å². The third kappa shape index (κ3) is 4.67. The Kier molecular flexibility index (Phi) is 7.17. The van der Waals surface area contributed by atoms with Gasteiger partial charge in [0.2, 0.25) is 0 Å². The molecule has 2 unspecified atom stereocenters. The molecule has 2 aliphatic rings. The molecule has 5 rings (SSSR count). The molecule has 39 heavy (non-hydrogen) atoms. The highest BCUT2D eigenvalue weighted by Crippen LogP contribution is 2.43. The summed E-state index contributed by atoms with van der Waals surface area (Å²) >= 11 is 1.35. The molecule has 0 radical (unpaired) electrons. The lowest BCUT2D eigenvalue weighted by atomic mass is 9.84. The van der Waals surface area contributed by atoms with Crippen molar-refractivity contribution in [1.29, 1.82) is 0 Å². The topological polar surface area (TPSA) is 101 Å². The number of aliphatic imine (C=N–C) groups is 1. The predicted octanol–water partition coefficient (Wildman–Crippen LogP) is 4.69. The number of aromatic nitrogens is 1. The van der Waals surface area contributed by atoms with Crippen molar-refractivity contribution in [2.75, 3.05) is 27.3 Å². The second-order valence-corrected chi connectivity index (χ2v) is 10.3. The van der Waals surface area contributed by atoms with Gasteiger partial charge in [0.1, 0.15) is 34.5 Å². The van der Waals surface area contributed by atoms with E-state index in [2.05, 4.69) is 9.98 Å². The molecule has 2 amide bonds. The number of allylic oxidation sites excluding steroid dienone is 1. The summed E-state index contributed by atoms with van der Waals surface area (Å²) in [6.07, 6.45) is 0.294. The molecule has 0 bridgehead atoms. The molecule has 202 valence electrons. The summed E-state index contributed by atoms with van der Waals surface area (Å²) < 4.78 is 39.9. The fourth-order valence-electron chi connectivity index (χ4n) is 5.18. The number of aliphatic hydroxyl groups excluding tert-OH is 1. The molecule has 0 aliphatic carbocycles. The fraction of sp³-hybridized carbons (Fsp3) is 0.286. The maximum absolute atomic E-state index is 14.4. The normalized spacial score (nSPS) is 19.4. The highest BCUT2D eigenvalue weighted by Gasteiger charge is 2.43. The van der Waals surface area contributed by atoms with E-state index < -0.39 is 46.6 Å². The van der Waals surface area contributed by atoms with Gasteiger partial charge in [0.05, 0.1) is 42.1 Å². The Bertz CT molecular complexity index is 1490. The smallest absolute Gasteiger partial charge is 0.286 e. The molecule has 3 aromatic rings. The van der Waals surface area contributed by atoms with Crippen molar-refractivity contribution in [3.05, 3.63) is 86.6 Å². The van der Waals surface area contributed by atoms with Crippen molar-refractivity contribution in [1.82, 2.24) is 9.88 Å². The van der Waals surface area contributed by atoms with Gasteiger partial charge in [-0.25, -0.2) is 18.8 Å². The molecule has 1 saturated heterocycles. The molecule has 3 heterocycles. The molecule has 0 spiro atoms. The Hall–Kier alpha value is -4.12. The first-order valence-corrected chi connectivity index (χ1v) is 13.1. The lowest BCUT2D eigenvalue weighted by Crippen LogP contribution is -2.37. The molecule has 0 saturated carbocycles. The lowest BCUT2D eigenvalue weighted by Gasteiger charge is -2.28. The number of thiazole rings is 1. The third-order valence-electron chi connectivity index (χ3n) is 6.97. The molecular weight excluding hydrogens is 528 g/mol. The van der Waals surface area contributed by atoms with Crippen LogP contribution in [0.1, 0.15) is 40.1 Å². The van der Waals surface area contributed by atoms with Crippen molar-refractivity contribution in [2.45, 2.75) is 25.2 Å². The van der Waals surface area contributed by atoms with Gasteiger partial charge in [0.15, 0.2) is 0 Å². The van der Waals surface area contributed by atoms with Gasteiger partial charge in [-0.15, -0.1) is 11.3 Å². The Morgan fingerprint density at radius 1 is 1.08 bits per heavy atom. The number of benzene rings is 2. The number of aliphatic hydroxyl groups is 1. The second kappa shape index (κ2) is 10.6. The lowest BCUT2D eigenvalue weighted by molar-refractivity contribution is -0.129. The molecule has 1 N–H and O–H groups in total. The van der Waals surface area contributed by atoms with Gasteiger partial charge in [-0.2, -0.15) is 0 Å². The van der Waals surface area contributed by atoms with Crippen LogP contribution < -0.4 is 9.47 Å². The van der Waals surface area contributed by atoms with Gasteiger partial charge in [-0.05, 0) is 37.6 Å². The first-order valence-electron chi connectivity index (χ1n) is 12.2. The standard InChI is InChI=1S/C28H25F2N3O5S/c1-14-31-18(13-39-14)25-23(22-19(37-2)8-5-9-20(22)38-3)26(34)24(27(35)32-25)28(36)33-11-10-15(12-33)21-16(29)6-4-7-17(21)30/h4-9,13,15,23,34H,10-12H2,1-3H3. The van der Waals surface area contributed by atoms with E-state index in [0.29, 0.717) is 29.2 Å². The summed E-state index contributed by atoms with van der Waals surface area (Å²) in [6.45, 7) is 1.92. The van der Waals surface area contributed by atoms with Crippen molar-refractivity contribution in [2.24, 2.45) is 4.99 Å². The minimum absolute atomic E-state index is 0.0226. The number of rotatable bonds is 6. The van der Waals surface area contributed by atoms with Gasteiger partial charge >= 0.3 is 0 Å². The second-order valence-electron chi connectivity index (χ2n) is 9.20. The van der Waals surface area contributed by atoms with E-state index in [4.69, 9.17) is 9.47 Å².